The first kappa shape index (κ1) is 28.0. The zero-order valence-electron chi connectivity index (χ0n) is 18.5. The van der Waals surface area contributed by atoms with Crippen molar-refractivity contribution < 1.29 is 58.5 Å². The highest BCUT2D eigenvalue weighted by molar-refractivity contribution is 5.68. The smallest absolute Gasteiger partial charge is 0.426 e. The maximum Gasteiger partial charge on any atom is 0.573 e. The second-order valence-corrected chi connectivity index (χ2v) is 8.05. The Morgan fingerprint density at radius 2 is 1.47 bits per heavy atom. The molecule has 0 spiro atoms. The third-order valence-corrected chi connectivity index (χ3v) is 5.49. The van der Waals surface area contributed by atoms with E-state index in [-0.39, 0.29) is 38.3 Å². The molecule has 2 aliphatic rings. The lowest BCUT2D eigenvalue weighted by Gasteiger charge is -2.35. The highest BCUT2D eigenvalue weighted by atomic mass is 19.4. The van der Waals surface area contributed by atoms with Crippen LogP contribution in [0, 0.1) is 0 Å². The second-order valence-electron chi connectivity index (χ2n) is 8.05. The van der Waals surface area contributed by atoms with Crippen LogP contribution in [0.4, 0.5) is 50.0 Å². The second kappa shape index (κ2) is 10.8. The molecule has 0 atom stereocenters. The molecule has 0 N–H and O–H groups in total. The van der Waals surface area contributed by atoms with E-state index in [0.717, 1.165) is 0 Å². The average molecular weight is 539 g/mol. The van der Waals surface area contributed by atoms with Crippen LogP contribution < -0.4 is 9.64 Å². The van der Waals surface area contributed by atoms with Gasteiger partial charge >= 0.3 is 24.8 Å². The van der Waals surface area contributed by atoms with E-state index in [1.807, 2.05) is 4.90 Å². The highest BCUT2D eigenvalue weighted by Gasteiger charge is 2.60. The summed E-state index contributed by atoms with van der Waals surface area (Å²) in [6, 6.07) is 4.31. The molecular weight excluding hydrogens is 517 g/mol. The third kappa shape index (κ3) is 7.69. The van der Waals surface area contributed by atoms with Gasteiger partial charge in [-0.3, -0.25) is 4.90 Å². The number of morpholine rings is 1. The first-order valence-corrected chi connectivity index (χ1v) is 10.7. The lowest BCUT2D eigenvalue weighted by molar-refractivity contribution is -0.308. The van der Waals surface area contributed by atoms with E-state index < -0.39 is 36.7 Å². The molecule has 204 valence electrons. The molecule has 0 aromatic heterocycles. The number of hydrogen-bond donors (Lipinski definition) is 0. The summed E-state index contributed by atoms with van der Waals surface area (Å²) >= 11 is 0. The number of piperazine rings is 1. The zero-order chi connectivity index (χ0) is 26.7. The minimum absolute atomic E-state index is 0.0333. The van der Waals surface area contributed by atoms with E-state index >= 15 is 0 Å². The quantitative estimate of drug-likeness (QED) is 0.524. The summed E-state index contributed by atoms with van der Waals surface area (Å²) in [5, 5.41) is 0. The van der Waals surface area contributed by atoms with Crippen molar-refractivity contribution in [2.24, 2.45) is 0 Å². The molecule has 0 bridgehead atoms. The molecule has 3 rings (SSSR count). The number of carbonyl (C=O) groups excluding carboxylic acids is 1. The van der Waals surface area contributed by atoms with Crippen molar-refractivity contribution in [3.8, 4) is 5.75 Å². The predicted octanol–water partition coefficient (Wildman–Crippen LogP) is 4.17. The van der Waals surface area contributed by atoms with Crippen molar-refractivity contribution in [1.82, 2.24) is 9.80 Å². The average Bonchev–Trinajstić information content (AvgIpc) is 2.77. The van der Waals surface area contributed by atoms with Gasteiger partial charge < -0.3 is 24.0 Å². The van der Waals surface area contributed by atoms with Crippen LogP contribution in [-0.4, -0.2) is 93.2 Å². The summed E-state index contributed by atoms with van der Waals surface area (Å²) in [5.41, 5.74) is 0.660. The minimum atomic E-state index is -5.84. The van der Waals surface area contributed by atoms with Gasteiger partial charge in [-0.25, -0.2) is 4.79 Å². The fraction of sp³-hybridized carbons (Fsp3) is 0.650. The number of halogens is 9. The van der Waals surface area contributed by atoms with Crippen LogP contribution in [0.25, 0.3) is 0 Å². The van der Waals surface area contributed by atoms with Crippen molar-refractivity contribution >= 4 is 11.8 Å². The van der Waals surface area contributed by atoms with Crippen molar-refractivity contribution in [2.75, 3.05) is 57.4 Å². The molecule has 0 aliphatic carbocycles. The Bertz CT molecular complexity index is 880. The number of carbonyl (C=O) groups is 1. The van der Waals surface area contributed by atoms with Gasteiger partial charge in [0.05, 0.1) is 13.2 Å². The molecule has 1 amide bonds. The van der Waals surface area contributed by atoms with Crippen molar-refractivity contribution in [2.45, 2.75) is 31.4 Å². The molecule has 2 heterocycles. The summed E-state index contributed by atoms with van der Waals surface area (Å²) in [4.78, 5) is 16.0. The topological polar surface area (TPSA) is 54.5 Å². The fourth-order valence-electron chi connectivity index (χ4n) is 3.74. The SMILES string of the molecule is O=C(OC(C(F)(F)F)C(F)(F)F)N1CCN(Cc2ccc(N3CCOCC3)cc2OC(F)(F)F)CC1. The Morgan fingerprint density at radius 1 is 0.889 bits per heavy atom. The van der Waals surface area contributed by atoms with Gasteiger partial charge in [0.2, 0.25) is 0 Å². The monoisotopic (exact) mass is 539 g/mol. The Labute approximate surface area is 199 Å². The maximum absolute atomic E-state index is 13.0. The van der Waals surface area contributed by atoms with Gasteiger partial charge in [-0.05, 0) is 6.07 Å². The van der Waals surface area contributed by atoms with E-state index in [1.54, 1.807) is 11.0 Å². The number of rotatable bonds is 5. The third-order valence-electron chi connectivity index (χ3n) is 5.49. The number of anilines is 1. The summed E-state index contributed by atoms with van der Waals surface area (Å²) in [5.74, 6) is -0.438. The predicted molar refractivity (Wildman–Crippen MR) is 105 cm³/mol. The number of hydrogen-bond acceptors (Lipinski definition) is 6. The number of amides is 1. The van der Waals surface area contributed by atoms with E-state index in [1.165, 1.54) is 12.1 Å². The Balaban J connectivity index is 1.64. The van der Waals surface area contributed by atoms with Crippen LogP contribution in [0.15, 0.2) is 18.2 Å². The molecule has 7 nitrogen and oxygen atoms in total. The lowest BCUT2D eigenvalue weighted by Crippen LogP contribution is -2.52. The van der Waals surface area contributed by atoms with Gasteiger partial charge in [-0.1, -0.05) is 6.07 Å². The van der Waals surface area contributed by atoms with Gasteiger partial charge in [0.25, 0.3) is 6.10 Å². The zero-order valence-corrected chi connectivity index (χ0v) is 18.5. The summed E-state index contributed by atoms with van der Waals surface area (Å²) in [6.07, 6.45) is -22.7. The Hall–Kier alpha value is -2.62. The van der Waals surface area contributed by atoms with E-state index in [9.17, 15) is 44.3 Å². The summed E-state index contributed by atoms with van der Waals surface area (Å²) < 4.78 is 128. The van der Waals surface area contributed by atoms with E-state index in [2.05, 4.69) is 9.47 Å². The van der Waals surface area contributed by atoms with Crippen LogP contribution in [0.2, 0.25) is 0 Å². The molecule has 1 aromatic rings. The number of benzene rings is 1. The Kier molecular flexibility index (Phi) is 8.37. The van der Waals surface area contributed by atoms with Crippen LogP contribution >= 0.6 is 0 Å². The normalized spacial score (nSPS) is 18.5. The van der Waals surface area contributed by atoms with Gasteiger partial charge in [-0.2, -0.15) is 26.3 Å². The largest absolute Gasteiger partial charge is 0.573 e. The Morgan fingerprint density at radius 3 is 2.00 bits per heavy atom. The summed E-state index contributed by atoms with van der Waals surface area (Å²) in [6.45, 7) is 1.07. The molecule has 0 unspecified atom stereocenters. The minimum Gasteiger partial charge on any atom is -0.426 e. The van der Waals surface area contributed by atoms with Crippen molar-refractivity contribution in [3.63, 3.8) is 0 Å². The molecule has 1 aromatic carbocycles. The van der Waals surface area contributed by atoms with E-state index in [4.69, 9.17) is 4.74 Å². The van der Waals surface area contributed by atoms with Crippen LogP contribution in [0.1, 0.15) is 5.56 Å². The molecular formula is C20H22F9N3O4. The molecule has 0 radical (unpaired) electrons. The molecule has 2 fully saturated rings. The van der Waals surface area contributed by atoms with Crippen LogP contribution in [0.3, 0.4) is 0 Å². The molecule has 36 heavy (non-hydrogen) atoms. The van der Waals surface area contributed by atoms with Crippen molar-refractivity contribution in [1.29, 1.82) is 0 Å². The van der Waals surface area contributed by atoms with Gasteiger partial charge in [0.15, 0.2) is 0 Å². The standard InChI is InChI=1S/C20H22F9N3O4/c21-18(22,23)16(19(24,25)26)35-17(33)32-5-3-30(4-6-32)12-13-1-2-14(31-7-9-34-10-8-31)11-15(13)36-20(27,28)29/h1-2,11,16H,3-10,12H2. The van der Waals surface area contributed by atoms with Gasteiger partial charge in [0.1, 0.15) is 5.75 Å². The molecule has 0 saturated carbocycles. The van der Waals surface area contributed by atoms with Gasteiger partial charge in [0, 0.05) is 63.1 Å². The highest BCUT2D eigenvalue weighted by Crippen LogP contribution is 2.36. The van der Waals surface area contributed by atoms with Crippen LogP contribution in [-0.2, 0) is 16.0 Å². The first-order valence-electron chi connectivity index (χ1n) is 10.7. The molecule has 2 saturated heterocycles. The maximum atomic E-state index is 13.0. The first-order chi connectivity index (χ1) is 16.6. The lowest BCUT2D eigenvalue weighted by atomic mass is 10.1. The van der Waals surface area contributed by atoms with Crippen molar-refractivity contribution in [3.05, 3.63) is 23.8 Å². The number of alkyl halides is 9. The fourth-order valence-corrected chi connectivity index (χ4v) is 3.74. The molecule has 16 heteroatoms. The number of ether oxygens (including phenoxy) is 3. The number of nitrogens with zero attached hydrogens (tertiary/aromatic N) is 3. The van der Waals surface area contributed by atoms with Crippen LogP contribution in [0.5, 0.6) is 5.75 Å². The summed E-state index contributed by atoms with van der Waals surface area (Å²) in [7, 11) is 0. The van der Waals surface area contributed by atoms with E-state index in [0.29, 0.717) is 36.9 Å². The molecule has 2 aliphatic heterocycles. The van der Waals surface area contributed by atoms with Gasteiger partial charge in [-0.15, -0.1) is 13.2 Å².